The van der Waals surface area contributed by atoms with Crippen LogP contribution in [0.15, 0.2) is 40.9 Å². The van der Waals surface area contributed by atoms with Crippen LogP contribution >= 0.6 is 23.2 Å². The van der Waals surface area contributed by atoms with Gasteiger partial charge in [-0.2, -0.15) is 4.98 Å². The van der Waals surface area contributed by atoms with Crippen molar-refractivity contribution >= 4 is 29.1 Å². The molecule has 1 aliphatic heterocycles. The van der Waals surface area contributed by atoms with Crippen LogP contribution in [0.5, 0.6) is 11.5 Å². The van der Waals surface area contributed by atoms with Crippen molar-refractivity contribution in [3.05, 3.63) is 69.5 Å². The molecule has 2 atom stereocenters. The fraction of sp³-hybridized carbons (Fsp3) is 0.375. The number of hydrogen-bond acceptors (Lipinski definition) is 7. The number of aromatic nitrogens is 2. The number of halogens is 3. The Morgan fingerprint density at radius 2 is 2.03 bits per heavy atom. The third-order valence-electron chi connectivity index (χ3n) is 6.93. The second-order valence-electron chi connectivity index (χ2n) is 9.50. The Kier molecular flexibility index (Phi) is 5.21. The van der Waals surface area contributed by atoms with E-state index < -0.39 is 18.0 Å². The molecule has 0 unspecified atom stereocenters. The van der Waals surface area contributed by atoms with Crippen molar-refractivity contribution in [2.45, 2.75) is 55.5 Å². The highest BCUT2D eigenvalue weighted by Gasteiger charge is 2.72. The van der Waals surface area contributed by atoms with Crippen LogP contribution in [0.4, 0.5) is 4.39 Å². The molecule has 2 N–H and O–H groups in total. The summed E-state index contributed by atoms with van der Waals surface area (Å²) in [5, 5.41) is 18.0. The first-order chi connectivity index (χ1) is 16.7. The van der Waals surface area contributed by atoms with Crippen molar-refractivity contribution in [1.82, 2.24) is 15.5 Å². The lowest BCUT2D eigenvalue weighted by Crippen LogP contribution is -2.77. The number of aliphatic hydroxyl groups is 1. The van der Waals surface area contributed by atoms with Gasteiger partial charge < -0.3 is 24.4 Å². The number of aliphatic hydroxyl groups excluding tert-OH is 1. The Balaban J connectivity index is 1.04. The fourth-order valence-electron chi connectivity index (χ4n) is 5.31. The van der Waals surface area contributed by atoms with Gasteiger partial charge in [0.25, 0.3) is 5.91 Å². The predicted octanol–water partition coefficient (Wildman–Crippen LogP) is 4.27. The monoisotopic (exact) mass is 519 g/mol. The van der Waals surface area contributed by atoms with Crippen LogP contribution in [-0.2, 0) is 16.8 Å². The summed E-state index contributed by atoms with van der Waals surface area (Å²) >= 11 is 11.7. The van der Waals surface area contributed by atoms with Gasteiger partial charge >= 0.3 is 0 Å². The van der Waals surface area contributed by atoms with Gasteiger partial charge in [0, 0.05) is 28.6 Å². The molecular formula is C24H20Cl2FN3O5. The van der Waals surface area contributed by atoms with Gasteiger partial charge in [-0.15, -0.1) is 0 Å². The first-order valence-electron chi connectivity index (χ1n) is 11.1. The van der Waals surface area contributed by atoms with E-state index in [0.717, 1.165) is 0 Å². The molecule has 8 nitrogen and oxygen atoms in total. The van der Waals surface area contributed by atoms with Gasteiger partial charge in [0.15, 0.2) is 12.7 Å². The van der Waals surface area contributed by atoms with E-state index in [0.29, 0.717) is 53.1 Å². The lowest BCUT2D eigenvalue weighted by molar-refractivity contribution is -0.150. The molecule has 3 fully saturated rings. The zero-order chi connectivity index (χ0) is 24.4. The first kappa shape index (κ1) is 22.6. The minimum absolute atomic E-state index is 0.0183. The van der Waals surface area contributed by atoms with Crippen molar-refractivity contribution in [3.8, 4) is 11.5 Å². The number of benzene rings is 2. The molecular weight excluding hydrogens is 500 g/mol. The average Bonchev–Trinajstić information content (AvgIpc) is 3.25. The molecule has 4 aliphatic rings. The number of nitrogens with zero attached hydrogens (tertiary/aromatic N) is 2. The molecule has 182 valence electrons. The van der Waals surface area contributed by atoms with Crippen LogP contribution in [0.1, 0.15) is 49.1 Å². The van der Waals surface area contributed by atoms with E-state index in [-0.39, 0.29) is 34.9 Å². The van der Waals surface area contributed by atoms with Crippen molar-refractivity contribution < 1.29 is 28.3 Å². The maximum Gasteiger partial charge on any atom is 0.261 e. The van der Waals surface area contributed by atoms with Crippen LogP contribution < -0.4 is 14.8 Å². The molecule has 0 saturated heterocycles. The molecule has 1 aromatic heterocycles. The van der Waals surface area contributed by atoms with E-state index in [1.165, 1.54) is 12.1 Å². The second-order valence-corrected chi connectivity index (χ2v) is 10.3. The molecule has 2 heterocycles. The number of amides is 1. The molecule has 3 saturated carbocycles. The van der Waals surface area contributed by atoms with Gasteiger partial charge in [-0.3, -0.25) is 4.79 Å². The molecule has 7 rings (SSSR count). The van der Waals surface area contributed by atoms with Crippen molar-refractivity contribution in [1.29, 1.82) is 0 Å². The van der Waals surface area contributed by atoms with Crippen LogP contribution in [0.25, 0.3) is 0 Å². The molecule has 2 aromatic carbocycles. The lowest BCUT2D eigenvalue weighted by atomic mass is 9.39. The Morgan fingerprint density at radius 1 is 1.23 bits per heavy atom. The molecule has 0 radical (unpaired) electrons. The van der Waals surface area contributed by atoms with Crippen LogP contribution in [0, 0.1) is 5.82 Å². The Bertz CT molecular complexity index is 1310. The van der Waals surface area contributed by atoms with E-state index in [1.54, 1.807) is 24.3 Å². The van der Waals surface area contributed by atoms with Crippen molar-refractivity contribution in [3.63, 3.8) is 0 Å². The summed E-state index contributed by atoms with van der Waals surface area (Å²) in [6, 6.07) is 9.14. The number of hydrogen-bond donors (Lipinski definition) is 2. The highest BCUT2D eigenvalue weighted by atomic mass is 35.5. The van der Waals surface area contributed by atoms with Crippen LogP contribution in [-0.4, -0.2) is 32.8 Å². The van der Waals surface area contributed by atoms with Gasteiger partial charge in [-0.1, -0.05) is 28.4 Å². The SMILES string of the molecule is O=C(NC12CC(c3nc(COc4ccc(Cl)c(F)c4)no3)(C1)C2)[C@H]1C[C@@H](O)c2cc(Cl)ccc2O1. The van der Waals surface area contributed by atoms with Gasteiger partial charge in [0.1, 0.15) is 17.3 Å². The van der Waals surface area contributed by atoms with Gasteiger partial charge in [0.05, 0.1) is 16.5 Å². The van der Waals surface area contributed by atoms with Crippen molar-refractivity contribution in [2.75, 3.05) is 0 Å². The van der Waals surface area contributed by atoms with E-state index in [4.69, 9.17) is 37.2 Å². The Labute approximate surface area is 209 Å². The summed E-state index contributed by atoms with van der Waals surface area (Å²) in [6.45, 7) is 0.0244. The smallest absolute Gasteiger partial charge is 0.261 e. The van der Waals surface area contributed by atoms with Gasteiger partial charge in [0.2, 0.25) is 11.7 Å². The molecule has 3 aliphatic carbocycles. The minimum atomic E-state index is -0.823. The molecule has 1 amide bonds. The number of nitrogens with one attached hydrogen (secondary N) is 1. The standard InChI is InChI=1S/C24H20Cl2FN3O5/c25-12-1-4-18-14(5-12)17(31)7-19(34-18)21(32)29-24-9-23(10-24,11-24)22-28-20(30-35-22)8-33-13-2-3-15(26)16(27)6-13/h1-6,17,19,31H,7-11H2,(H,29,32)/t17-,19-,23?,24?/m1/s1. The highest BCUT2D eigenvalue weighted by Crippen LogP contribution is 2.67. The van der Waals surface area contributed by atoms with E-state index in [9.17, 15) is 14.3 Å². The number of carbonyl (C=O) groups is 1. The van der Waals surface area contributed by atoms with Crippen LogP contribution in [0.2, 0.25) is 10.0 Å². The maximum absolute atomic E-state index is 13.6. The van der Waals surface area contributed by atoms with Crippen LogP contribution in [0.3, 0.4) is 0 Å². The number of ether oxygens (including phenoxy) is 2. The average molecular weight is 520 g/mol. The highest BCUT2D eigenvalue weighted by molar-refractivity contribution is 6.31. The van der Waals surface area contributed by atoms with Gasteiger partial charge in [-0.25, -0.2) is 4.39 Å². The van der Waals surface area contributed by atoms with Crippen molar-refractivity contribution in [2.24, 2.45) is 0 Å². The summed E-state index contributed by atoms with van der Waals surface area (Å²) in [4.78, 5) is 17.3. The molecule has 3 aromatic rings. The topological polar surface area (TPSA) is 107 Å². The number of carbonyl (C=O) groups excluding carboxylic acids is 1. The quantitative estimate of drug-likeness (QED) is 0.500. The maximum atomic E-state index is 13.6. The molecule has 35 heavy (non-hydrogen) atoms. The normalized spacial score (nSPS) is 28.2. The summed E-state index contributed by atoms with van der Waals surface area (Å²) < 4.78 is 30.3. The lowest BCUT2D eigenvalue weighted by Gasteiger charge is -2.68. The third-order valence-corrected chi connectivity index (χ3v) is 7.47. The fourth-order valence-corrected chi connectivity index (χ4v) is 5.61. The zero-order valence-corrected chi connectivity index (χ0v) is 19.8. The molecule has 0 spiro atoms. The first-order valence-corrected chi connectivity index (χ1v) is 11.9. The summed E-state index contributed by atoms with van der Waals surface area (Å²) in [5.74, 6) is 0.801. The molecule has 2 bridgehead atoms. The summed E-state index contributed by atoms with van der Waals surface area (Å²) in [6.07, 6.45) is 0.587. The minimum Gasteiger partial charge on any atom is -0.485 e. The second kappa shape index (κ2) is 8.08. The third kappa shape index (κ3) is 3.91. The largest absolute Gasteiger partial charge is 0.485 e. The van der Waals surface area contributed by atoms with Gasteiger partial charge in [-0.05, 0) is 49.6 Å². The van der Waals surface area contributed by atoms with E-state index >= 15 is 0 Å². The Morgan fingerprint density at radius 3 is 2.80 bits per heavy atom. The summed E-state index contributed by atoms with van der Waals surface area (Å²) in [5.41, 5.74) is -0.0119. The predicted molar refractivity (Wildman–Crippen MR) is 122 cm³/mol. The summed E-state index contributed by atoms with van der Waals surface area (Å²) in [7, 11) is 0. The molecule has 11 heteroatoms. The number of fused-ring (bicyclic) bond motifs is 1. The Hall–Kier alpha value is -2.88. The van der Waals surface area contributed by atoms with E-state index in [1.807, 2.05) is 0 Å². The number of rotatable bonds is 6. The van der Waals surface area contributed by atoms with E-state index in [2.05, 4.69) is 15.5 Å². The zero-order valence-electron chi connectivity index (χ0n) is 18.3.